The number of nitrogens with one attached hydrogen (secondary N) is 1. The molecular weight excluding hydrogens is 270 g/mol. The van der Waals surface area contributed by atoms with Gasteiger partial charge in [-0.3, -0.25) is 4.79 Å². The van der Waals surface area contributed by atoms with Crippen molar-refractivity contribution in [2.75, 3.05) is 31.2 Å². The quantitative estimate of drug-likeness (QED) is 0.847. The Kier molecular flexibility index (Phi) is 5.31. The number of nitrogens with zero attached hydrogens (tertiary/aromatic N) is 2. The second kappa shape index (κ2) is 7.20. The lowest BCUT2D eigenvalue weighted by molar-refractivity contribution is -0.129. The highest BCUT2D eigenvalue weighted by Gasteiger charge is 2.17. The van der Waals surface area contributed by atoms with Crippen molar-refractivity contribution < 1.29 is 4.79 Å². The zero-order chi connectivity index (χ0) is 14.4. The molecule has 1 aliphatic heterocycles. The fourth-order valence-corrected chi connectivity index (χ4v) is 2.97. The average molecular weight is 289 g/mol. The van der Waals surface area contributed by atoms with Crippen molar-refractivity contribution >= 4 is 23.4 Å². The molecule has 106 valence electrons. The Balaban J connectivity index is 1.91. The first-order valence-corrected chi connectivity index (χ1v) is 8.07. The molecule has 1 aromatic carbocycles. The van der Waals surface area contributed by atoms with E-state index in [1.165, 1.54) is 0 Å². The molecule has 1 fully saturated rings. The number of carbonyl (C=O) groups is 1. The number of hydrogen-bond acceptors (Lipinski definition) is 4. The number of thioether (sulfide) groups is 1. The molecule has 20 heavy (non-hydrogen) atoms. The molecule has 0 saturated carbocycles. The van der Waals surface area contributed by atoms with Gasteiger partial charge in [0, 0.05) is 31.0 Å². The minimum absolute atomic E-state index is 0.203. The van der Waals surface area contributed by atoms with Gasteiger partial charge in [0.1, 0.15) is 6.07 Å². The number of hydrogen-bond donors (Lipinski definition) is 1. The second-order valence-corrected chi connectivity index (χ2v) is 5.61. The third-order valence-electron chi connectivity index (χ3n) is 3.47. The third-order valence-corrected chi connectivity index (χ3v) is 4.25. The van der Waals surface area contributed by atoms with Crippen molar-refractivity contribution in [2.45, 2.75) is 24.2 Å². The SMILES string of the molecule is CSc1cccc(NCCC(=O)N2CCCC2)c1C#N. The Morgan fingerprint density at radius 1 is 1.45 bits per heavy atom. The van der Waals surface area contributed by atoms with E-state index in [0.717, 1.165) is 36.5 Å². The molecule has 1 aromatic rings. The summed E-state index contributed by atoms with van der Waals surface area (Å²) >= 11 is 1.56. The van der Waals surface area contributed by atoms with Gasteiger partial charge in [-0.05, 0) is 31.2 Å². The highest BCUT2D eigenvalue weighted by molar-refractivity contribution is 7.98. The summed E-state index contributed by atoms with van der Waals surface area (Å²) in [4.78, 5) is 14.8. The van der Waals surface area contributed by atoms with Crippen molar-refractivity contribution in [1.29, 1.82) is 5.26 Å². The molecular formula is C15H19N3OS. The van der Waals surface area contributed by atoms with Gasteiger partial charge < -0.3 is 10.2 Å². The molecule has 1 amide bonds. The molecule has 0 bridgehead atoms. The van der Waals surface area contributed by atoms with Gasteiger partial charge in [-0.2, -0.15) is 5.26 Å². The molecule has 0 unspecified atom stereocenters. The lowest BCUT2D eigenvalue weighted by atomic mass is 10.2. The number of likely N-dealkylation sites (tertiary alicyclic amines) is 1. The highest BCUT2D eigenvalue weighted by Crippen LogP contribution is 2.26. The van der Waals surface area contributed by atoms with E-state index in [1.807, 2.05) is 29.4 Å². The predicted octanol–water partition coefficient (Wildman–Crippen LogP) is 2.70. The minimum Gasteiger partial charge on any atom is -0.383 e. The Hall–Kier alpha value is -1.67. The maximum Gasteiger partial charge on any atom is 0.224 e. The standard InChI is InChI=1S/C15H19N3OS/c1-20-14-6-4-5-13(12(14)11-16)17-8-7-15(19)18-9-2-3-10-18/h4-6,17H,2-3,7-10H2,1H3. The van der Waals surface area contributed by atoms with Crippen LogP contribution in [-0.4, -0.2) is 36.7 Å². The molecule has 0 aliphatic carbocycles. The topological polar surface area (TPSA) is 56.1 Å². The van der Waals surface area contributed by atoms with Crippen molar-refractivity contribution in [3.63, 3.8) is 0 Å². The smallest absolute Gasteiger partial charge is 0.224 e. The number of anilines is 1. The first kappa shape index (κ1) is 14.7. The van der Waals surface area contributed by atoms with Crippen LogP contribution in [0.2, 0.25) is 0 Å². The number of rotatable bonds is 5. The fraction of sp³-hybridized carbons (Fsp3) is 0.467. The number of amides is 1. The van der Waals surface area contributed by atoms with Crippen LogP contribution in [0.5, 0.6) is 0 Å². The van der Waals surface area contributed by atoms with Gasteiger partial charge in [0.05, 0.1) is 11.3 Å². The van der Waals surface area contributed by atoms with Gasteiger partial charge >= 0.3 is 0 Å². The Bertz CT molecular complexity index is 518. The van der Waals surface area contributed by atoms with Gasteiger partial charge in [0.2, 0.25) is 5.91 Å². The fourth-order valence-electron chi connectivity index (χ4n) is 2.39. The summed E-state index contributed by atoms with van der Waals surface area (Å²) in [5.41, 5.74) is 1.47. The molecule has 1 heterocycles. The second-order valence-electron chi connectivity index (χ2n) is 4.76. The molecule has 1 saturated heterocycles. The van der Waals surface area contributed by atoms with Crippen LogP contribution < -0.4 is 5.32 Å². The van der Waals surface area contributed by atoms with Crippen LogP contribution in [0.4, 0.5) is 5.69 Å². The van der Waals surface area contributed by atoms with Gasteiger partial charge in [-0.1, -0.05) is 6.07 Å². The largest absolute Gasteiger partial charge is 0.383 e. The normalized spacial score (nSPS) is 14.1. The highest BCUT2D eigenvalue weighted by atomic mass is 32.2. The van der Waals surface area contributed by atoms with Crippen LogP contribution in [0.25, 0.3) is 0 Å². The monoisotopic (exact) mass is 289 g/mol. The zero-order valence-corrected chi connectivity index (χ0v) is 12.5. The summed E-state index contributed by atoms with van der Waals surface area (Å²) < 4.78 is 0. The van der Waals surface area contributed by atoms with E-state index in [1.54, 1.807) is 11.8 Å². The van der Waals surface area contributed by atoms with Crippen molar-refractivity contribution in [2.24, 2.45) is 0 Å². The maximum absolute atomic E-state index is 11.9. The number of carbonyl (C=O) groups excluding carboxylic acids is 1. The lowest BCUT2D eigenvalue weighted by Gasteiger charge is -2.16. The third kappa shape index (κ3) is 3.45. The van der Waals surface area contributed by atoms with Crippen LogP contribution in [0.15, 0.2) is 23.1 Å². The Morgan fingerprint density at radius 2 is 2.20 bits per heavy atom. The van der Waals surface area contributed by atoms with E-state index in [4.69, 9.17) is 0 Å². The molecule has 0 spiro atoms. The summed E-state index contributed by atoms with van der Waals surface area (Å²) in [7, 11) is 0. The molecule has 1 N–H and O–H groups in total. The Labute approximate surface area is 124 Å². The molecule has 5 heteroatoms. The molecule has 0 radical (unpaired) electrons. The molecule has 0 atom stereocenters. The Morgan fingerprint density at radius 3 is 2.85 bits per heavy atom. The summed E-state index contributed by atoms with van der Waals surface area (Å²) in [5.74, 6) is 0.203. The summed E-state index contributed by atoms with van der Waals surface area (Å²) in [5, 5.41) is 12.4. The first-order chi connectivity index (χ1) is 9.76. The number of benzene rings is 1. The van der Waals surface area contributed by atoms with Gasteiger partial charge in [-0.25, -0.2) is 0 Å². The van der Waals surface area contributed by atoms with E-state index >= 15 is 0 Å². The molecule has 4 nitrogen and oxygen atoms in total. The van der Waals surface area contributed by atoms with E-state index < -0.39 is 0 Å². The van der Waals surface area contributed by atoms with Gasteiger partial charge in [0.15, 0.2) is 0 Å². The van der Waals surface area contributed by atoms with Crippen molar-refractivity contribution in [1.82, 2.24) is 4.90 Å². The molecule has 2 rings (SSSR count). The van der Waals surface area contributed by atoms with E-state index in [2.05, 4.69) is 11.4 Å². The minimum atomic E-state index is 0.203. The van der Waals surface area contributed by atoms with Gasteiger partial charge in [-0.15, -0.1) is 11.8 Å². The van der Waals surface area contributed by atoms with Crippen LogP contribution in [0, 0.1) is 11.3 Å². The van der Waals surface area contributed by atoms with Crippen LogP contribution >= 0.6 is 11.8 Å². The molecule has 0 aromatic heterocycles. The van der Waals surface area contributed by atoms with Gasteiger partial charge in [0.25, 0.3) is 0 Å². The first-order valence-electron chi connectivity index (χ1n) is 6.85. The predicted molar refractivity (Wildman–Crippen MR) is 81.9 cm³/mol. The van der Waals surface area contributed by atoms with Crippen LogP contribution in [-0.2, 0) is 4.79 Å². The van der Waals surface area contributed by atoms with E-state index in [0.29, 0.717) is 18.5 Å². The summed E-state index contributed by atoms with van der Waals surface area (Å²) in [6, 6.07) is 7.98. The lowest BCUT2D eigenvalue weighted by Crippen LogP contribution is -2.29. The maximum atomic E-state index is 11.9. The average Bonchev–Trinajstić information content (AvgIpc) is 3.01. The van der Waals surface area contributed by atoms with Crippen molar-refractivity contribution in [3.05, 3.63) is 23.8 Å². The van der Waals surface area contributed by atoms with Crippen molar-refractivity contribution in [3.8, 4) is 6.07 Å². The zero-order valence-electron chi connectivity index (χ0n) is 11.7. The summed E-state index contributed by atoms with van der Waals surface area (Å²) in [6.45, 7) is 2.36. The van der Waals surface area contributed by atoms with E-state index in [9.17, 15) is 10.1 Å². The van der Waals surface area contributed by atoms with Crippen LogP contribution in [0.1, 0.15) is 24.8 Å². The van der Waals surface area contributed by atoms with E-state index in [-0.39, 0.29) is 5.91 Å². The summed E-state index contributed by atoms with van der Waals surface area (Å²) in [6.07, 6.45) is 4.67. The number of nitriles is 1. The molecule has 1 aliphatic rings. The van der Waals surface area contributed by atoms with Crippen LogP contribution in [0.3, 0.4) is 0 Å².